The molecule has 0 bridgehead atoms. The number of amides is 1. The molecule has 1 N–H and O–H groups in total. The van der Waals surface area contributed by atoms with Gasteiger partial charge in [0.05, 0.1) is 24.8 Å². The molecule has 10 nitrogen and oxygen atoms in total. The average Bonchev–Trinajstić information content (AvgIpc) is 3.53. The molecule has 0 spiro atoms. The van der Waals surface area contributed by atoms with E-state index < -0.39 is 10.0 Å². The molecule has 1 aromatic carbocycles. The van der Waals surface area contributed by atoms with Crippen molar-refractivity contribution < 1.29 is 27.1 Å². The number of hydrogen-bond donors (Lipinski definition) is 1. The number of methoxy groups -OCH3 is 2. The van der Waals surface area contributed by atoms with Crippen molar-refractivity contribution in [1.82, 2.24) is 15.1 Å². The van der Waals surface area contributed by atoms with Crippen LogP contribution in [0.15, 0.2) is 33.6 Å². The topological polar surface area (TPSA) is 124 Å². The summed E-state index contributed by atoms with van der Waals surface area (Å²) >= 11 is 1.19. The number of aryl methyl sites for hydroxylation is 1. The van der Waals surface area contributed by atoms with Gasteiger partial charge in [0.25, 0.3) is 15.9 Å². The number of nitrogens with zero attached hydrogens (tertiary/aromatic N) is 3. The highest BCUT2D eigenvalue weighted by molar-refractivity contribution is 7.93. The summed E-state index contributed by atoms with van der Waals surface area (Å²) in [5, 5.41) is 7.79. The molecule has 32 heavy (non-hydrogen) atoms. The number of sulfonamides is 1. The van der Waals surface area contributed by atoms with Crippen molar-refractivity contribution in [3.05, 3.63) is 35.0 Å². The molecule has 1 aliphatic rings. The van der Waals surface area contributed by atoms with Crippen LogP contribution in [0.4, 0.5) is 5.69 Å². The maximum atomic E-state index is 13.1. The van der Waals surface area contributed by atoms with E-state index in [1.807, 2.05) is 0 Å². The van der Waals surface area contributed by atoms with Crippen molar-refractivity contribution in [2.45, 2.75) is 24.7 Å². The summed E-state index contributed by atoms with van der Waals surface area (Å²) in [6.45, 7) is 3.01. The van der Waals surface area contributed by atoms with Gasteiger partial charge in [0.2, 0.25) is 0 Å². The molecule has 12 heteroatoms. The Labute approximate surface area is 189 Å². The number of hydrogen-bond acceptors (Lipinski definition) is 9. The van der Waals surface area contributed by atoms with Crippen LogP contribution in [0.5, 0.6) is 11.5 Å². The minimum atomic E-state index is -3.93. The Bertz CT molecular complexity index is 1240. The van der Waals surface area contributed by atoms with Gasteiger partial charge in [-0.25, -0.2) is 8.42 Å². The number of anilines is 1. The van der Waals surface area contributed by atoms with Gasteiger partial charge in [0, 0.05) is 24.0 Å². The van der Waals surface area contributed by atoms with E-state index in [-0.39, 0.29) is 28.3 Å². The van der Waals surface area contributed by atoms with Gasteiger partial charge in [0.15, 0.2) is 0 Å². The first-order valence-electron chi connectivity index (χ1n) is 9.81. The first-order valence-corrected chi connectivity index (χ1v) is 12.1. The first kappa shape index (κ1) is 22.1. The number of ether oxygens (including phenoxy) is 2. The van der Waals surface area contributed by atoms with E-state index in [1.165, 1.54) is 31.6 Å². The average molecular weight is 479 g/mol. The van der Waals surface area contributed by atoms with Crippen LogP contribution < -0.4 is 14.2 Å². The third-order valence-corrected chi connectivity index (χ3v) is 7.69. The number of benzene rings is 1. The van der Waals surface area contributed by atoms with Crippen LogP contribution in [0.3, 0.4) is 0 Å². The molecule has 1 aliphatic heterocycles. The molecule has 3 heterocycles. The number of rotatable bonds is 7. The molecule has 0 atom stereocenters. The lowest BCUT2D eigenvalue weighted by molar-refractivity contribution is 0.0754. The molecule has 0 radical (unpaired) electrons. The van der Waals surface area contributed by atoms with Gasteiger partial charge in [-0.15, -0.1) is 21.5 Å². The molecule has 3 aromatic rings. The minimum Gasteiger partial charge on any atom is -0.497 e. The highest BCUT2D eigenvalue weighted by Gasteiger charge is 2.27. The second-order valence-electron chi connectivity index (χ2n) is 7.11. The van der Waals surface area contributed by atoms with Crippen LogP contribution in [0, 0.1) is 6.92 Å². The summed E-state index contributed by atoms with van der Waals surface area (Å²) in [5.41, 5.74) is 0.275. The lowest BCUT2D eigenvalue weighted by Gasteiger charge is -2.12. The molecule has 0 saturated carbocycles. The standard InChI is InChI=1S/C20H22N4O6S2/c1-12-17(32(26,27)23-14-7-6-13(28-2)10-15(14)29-3)11-16(31-12)18-21-22-19(30-18)20(25)24-8-4-5-9-24/h6-7,10-11,23H,4-5,8-9H2,1-3H3. The highest BCUT2D eigenvalue weighted by Crippen LogP contribution is 2.36. The van der Waals surface area contributed by atoms with Crippen molar-refractivity contribution in [3.8, 4) is 22.3 Å². The van der Waals surface area contributed by atoms with Crippen LogP contribution in [0.2, 0.25) is 0 Å². The zero-order chi connectivity index (χ0) is 22.9. The maximum Gasteiger partial charge on any atom is 0.311 e. The zero-order valence-electron chi connectivity index (χ0n) is 17.7. The molecule has 2 aromatic heterocycles. The van der Waals surface area contributed by atoms with Crippen molar-refractivity contribution in [2.75, 3.05) is 32.0 Å². The second-order valence-corrected chi connectivity index (χ2v) is 10.0. The summed E-state index contributed by atoms with van der Waals surface area (Å²) in [7, 11) is -0.979. The first-order chi connectivity index (χ1) is 15.3. The van der Waals surface area contributed by atoms with E-state index in [2.05, 4.69) is 14.9 Å². The van der Waals surface area contributed by atoms with Crippen LogP contribution in [0.25, 0.3) is 10.8 Å². The van der Waals surface area contributed by atoms with Crippen molar-refractivity contribution in [3.63, 3.8) is 0 Å². The predicted molar refractivity (Wildman–Crippen MR) is 118 cm³/mol. The Morgan fingerprint density at radius 2 is 1.91 bits per heavy atom. The van der Waals surface area contributed by atoms with Gasteiger partial charge < -0.3 is 18.8 Å². The Morgan fingerprint density at radius 3 is 2.59 bits per heavy atom. The van der Waals surface area contributed by atoms with E-state index >= 15 is 0 Å². The van der Waals surface area contributed by atoms with E-state index in [4.69, 9.17) is 13.9 Å². The molecule has 1 saturated heterocycles. The highest BCUT2D eigenvalue weighted by atomic mass is 32.2. The summed E-state index contributed by atoms with van der Waals surface area (Å²) in [6, 6.07) is 6.23. The third-order valence-electron chi connectivity index (χ3n) is 5.03. The monoisotopic (exact) mass is 478 g/mol. The van der Waals surface area contributed by atoms with Gasteiger partial charge >= 0.3 is 11.8 Å². The fraction of sp³-hybridized carbons (Fsp3) is 0.350. The molecule has 1 amide bonds. The van der Waals surface area contributed by atoms with Gasteiger partial charge in [-0.3, -0.25) is 9.52 Å². The molecule has 170 valence electrons. The minimum absolute atomic E-state index is 0.0704. The van der Waals surface area contributed by atoms with Gasteiger partial charge in [0.1, 0.15) is 16.4 Å². The molecule has 1 fully saturated rings. The van der Waals surface area contributed by atoms with Crippen molar-refractivity contribution >= 4 is 33.0 Å². The normalized spacial score (nSPS) is 13.9. The summed E-state index contributed by atoms with van der Waals surface area (Å²) in [4.78, 5) is 15.2. The quantitative estimate of drug-likeness (QED) is 0.549. The van der Waals surface area contributed by atoms with Crippen molar-refractivity contribution in [1.29, 1.82) is 0 Å². The maximum absolute atomic E-state index is 13.1. The van der Waals surface area contributed by atoms with Crippen molar-refractivity contribution in [2.24, 2.45) is 0 Å². The fourth-order valence-electron chi connectivity index (χ4n) is 3.38. The molecular weight excluding hydrogens is 456 g/mol. The Balaban J connectivity index is 1.59. The number of likely N-dealkylation sites (tertiary alicyclic amines) is 1. The molecule has 0 aliphatic carbocycles. The summed E-state index contributed by atoms with van der Waals surface area (Å²) in [6.07, 6.45) is 1.90. The van der Waals surface area contributed by atoms with E-state index in [9.17, 15) is 13.2 Å². The molecule has 4 rings (SSSR count). The number of carbonyl (C=O) groups excluding carboxylic acids is 1. The SMILES string of the molecule is COc1ccc(NS(=O)(=O)c2cc(-c3nnc(C(=O)N4CCCC4)o3)sc2C)c(OC)c1. The van der Waals surface area contributed by atoms with Crippen LogP contribution in [-0.2, 0) is 10.0 Å². The fourth-order valence-corrected chi connectivity index (χ4v) is 5.97. The van der Waals surface area contributed by atoms with E-state index in [1.54, 1.807) is 30.0 Å². The molecule has 0 unspecified atom stereocenters. The predicted octanol–water partition coefficient (Wildman–Crippen LogP) is 3.16. The van der Waals surface area contributed by atoms with Crippen LogP contribution in [-0.4, -0.2) is 56.7 Å². The Hall–Kier alpha value is -3.12. The number of aromatic nitrogens is 2. The van der Waals surface area contributed by atoms with Gasteiger partial charge in [-0.05, 0) is 38.0 Å². The number of carbonyl (C=O) groups is 1. The largest absolute Gasteiger partial charge is 0.497 e. The van der Waals surface area contributed by atoms with Gasteiger partial charge in [-0.2, -0.15) is 0 Å². The zero-order valence-corrected chi connectivity index (χ0v) is 19.4. The smallest absolute Gasteiger partial charge is 0.311 e. The van der Waals surface area contributed by atoms with E-state index in [0.29, 0.717) is 34.3 Å². The summed E-state index contributed by atoms with van der Waals surface area (Å²) < 4.78 is 44.6. The van der Waals surface area contributed by atoms with Crippen LogP contribution >= 0.6 is 11.3 Å². The van der Waals surface area contributed by atoms with Gasteiger partial charge in [-0.1, -0.05) is 0 Å². The Morgan fingerprint density at radius 1 is 1.16 bits per heavy atom. The summed E-state index contributed by atoms with van der Waals surface area (Å²) in [5.74, 6) is 0.552. The Kier molecular flexibility index (Phi) is 6.07. The lowest BCUT2D eigenvalue weighted by Crippen LogP contribution is -2.27. The number of thiophene rings is 1. The van der Waals surface area contributed by atoms with Crippen LogP contribution in [0.1, 0.15) is 28.4 Å². The lowest BCUT2D eigenvalue weighted by atomic mass is 10.3. The third kappa shape index (κ3) is 4.28. The molecular formula is C20H22N4O6S2. The van der Waals surface area contributed by atoms with E-state index in [0.717, 1.165) is 12.8 Å². The number of nitrogens with one attached hydrogen (secondary N) is 1. The second kappa shape index (κ2) is 8.79.